The lowest BCUT2D eigenvalue weighted by molar-refractivity contribution is 0.331. The summed E-state index contributed by atoms with van der Waals surface area (Å²) in [5.41, 5.74) is 4.97. The van der Waals surface area contributed by atoms with E-state index in [1.54, 1.807) is 18.6 Å². The molecule has 2 aromatic heterocycles. The molecule has 0 radical (unpaired) electrons. The Morgan fingerprint density at radius 2 is 1.94 bits per heavy atom. The van der Waals surface area contributed by atoms with Gasteiger partial charge in [0.2, 0.25) is 10.0 Å². The van der Waals surface area contributed by atoms with Crippen molar-refractivity contribution in [3.8, 4) is 16.9 Å². The predicted octanol–water partition coefficient (Wildman–Crippen LogP) is 4.39. The standard InChI is InChI=1S/C23H26ClN5O3S/c1-14(2)21-15(3)26-13-27-23(21)29-7-8-32-20-6-5-16(9-18(20)12-29)17-10-19(22(24)25-11-17)28-33(4,30)31/h5-6,9-11,13-14,28H,7-8,12H2,1-4H3. The molecule has 4 rings (SSSR count). The summed E-state index contributed by atoms with van der Waals surface area (Å²) in [5.74, 6) is 2.03. The quantitative estimate of drug-likeness (QED) is 0.533. The summed E-state index contributed by atoms with van der Waals surface area (Å²) in [4.78, 5) is 15.4. The van der Waals surface area contributed by atoms with Crippen LogP contribution in [0.1, 0.15) is 36.6 Å². The zero-order valence-corrected chi connectivity index (χ0v) is 20.5. The molecule has 0 amide bonds. The summed E-state index contributed by atoms with van der Waals surface area (Å²) in [7, 11) is -3.48. The summed E-state index contributed by atoms with van der Waals surface area (Å²) >= 11 is 6.09. The molecule has 0 saturated carbocycles. The van der Waals surface area contributed by atoms with E-state index in [0.717, 1.165) is 45.8 Å². The van der Waals surface area contributed by atoms with E-state index in [-0.39, 0.29) is 16.8 Å². The largest absolute Gasteiger partial charge is 0.491 e. The minimum absolute atomic E-state index is 0.0915. The van der Waals surface area contributed by atoms with Crippen molar-refractivity contribution in [2.75, 3.05) is 29.0 Å². The number of benzene rings is 1. The van der Waals surface area contributed by atoms with Crippen molar-refractivity contribution in [3.05, 3.63) is 58.8 Å². The van der Waals surface area contributed by atoms with Gasteiger partial charge in [-0.2, -0.15) is 0 Å². The Morgan fingerprint density at radius 1 is 1.15 bits per heavy atom. The van der Waals surface area contributed by atoms with E-state index in [9.17, 15) is 8.42 Å². The molecule has 0 spiro atoms. The minimum atomic E-state index is -3.48. The third kappa shape index (κ3) is 5.20. The highest BCUT2D eigenvalue weighted by Gasteiger charge is 2.22. The predicted molar refractivity (Wildman–Crippen MR) is 131 cm³/mol. The topological polar surface area (TPSA) is 97.3 Å². The van der Waals surface area contributed by atoms with Crippen LogP contribution < -0.4 is 14.4 Å². The second kappa shape index (κ2) is 9.15. The Kier molecular flexibility index (Phi) is 6.45. The van der Waals surface area contributed by atoms with Crippen LogP contribution in [0.25, 0.3) is 11.1 Å². The monoisotopic (exact) mass is 487 g/mol. The molecule has 33 heavy (non-hydrogen) atoms. The van der Waals surface area contributed by atoms with Crippen LogP contribution in [0.3, 0.4) is 0 Å². The van der Waals surface area contributed by atoms with Gasteiger partial charge in [0.05, 0.1) is 18.5 Å². The molecule has 1 aliphatic rings. The molecule has 8 nitrogen and oxygen atoms in total. The van der Waals surface area contributed by atoms with Gasteiger partial charge in [0.1, 0.15) is 24.5 Å². The maximum absolute atomic E-state index is 11.7. The first kappa shape index (κ1) is 23.3. The molecule has 0 fully saturated rings. The molecule has 0 atom stereocenters. The molecular weight excluding hydrogens is 462 g/mol. The number of sulfonamides is 1. The number of pyridine rings is 1. The van der Waals surface area contributed by atoms with Crippen molar-refractivity contribution >= 4 is 33.1 Å². The van der Waals surface area contributed by atoms with E-state index in [1.807, 2.05) is 25.1 Å². The fraction of sp³-hybridized carbons (Fsp3) is 0.348. The van der Waals surface area contributed by atoms with E-state index in [4.69, 9.17) is 16.3 Å². The Morgan fingerprint density at radius 3 is 2.67 bits per heavy atom. The van der Waals surface area contributed by atoms with Gasteiger partial charge in [-0.25, -0.2) is 23.4 Å². The van der Waals surface area contributed by atoms with E-state index in [2.05, 4.69) is 38.4 Å². The van der Waals surface area contributed by atoms with Crippen LogP contribution in [0, 0.1) is 6.92 Å². The van der Waals surface area contributed by atoms with Crippen molar-refractivity contribution in [3.63, 3.8) is 0 Å². The molecule has 1 N–H and O–H groups in total. The lowest BCUT2D eigenvalue weighted by Crippen LogP contribution is -2.28. The van der Waals surface area contributed by atoms with Crippen LogP contribution in [0.2, 0.25) is 5.15 Å². The molecule has 0 unspecified atom stereocenters. The normalized spacial score (nSPS) is 13.9. The van der Waals surface area contributed by atoms with E-state index in [0.29, 0.717) is 19.7 Å². The molecule has 1 aromatic carbocycles. The SMILES string of the molecule is Cc1ncnc(N2CCOc3ccc(-c4cnc(Cl)c(NS(C)(=O)=O)c4)cc3C2)c1C(C)C. The molecule has 1 aliphatic heterocycles. The van der Waals surface area contributed by atoms with Crippen molar-refractivity contribution < 1.29 is 13.2 Å². The first-order valence-electron chi connectivity index (χ1n) is 10.6. The maximum Gasteiger partial charge on any atom is 0.229 e. The number of nitrogens with one attached hydrogen (secondary N) is 1. The number of halogens is 1. The Hall–Kier alpha value is -2.91. The van der Waals surface area contributed by atoms with Crippen molar-refractivity contribution in [1.29, 1.82) is 0 Å². The van der Waals surface area contributed by atoms with Crippen molar-refractivity contribution in [1.82, 2.24) is 15.0 Å². The first-order valence-corrected chi connectivity index (χ1v) is 12.8. The number of hydrogen-bond donors (Lipinski definition) is 1. The van der Waals surface area contributed by atoms with Crippen LogP contribution in [0.4, 0.5) is 11.5 Å². The zero-order valence-electron chi connectivity index (χ0n) is 19.0. The highest BCUT2D eigenvalue weighted by molar-refractivity contribution is 7.92. The van der Waals surface area contributed by atoms with Crippen LogP contribution in [-0.2, 0) is 16.6 Å². The average Bonchev–Trinajstić information content (AvgIpc) is 2.95. The summed E-state index contributed by atoms with van der Waals surface area (Å²) < 4.78 is 31.8. The molecule has 3 aromatic rings. The van der Waals surface area contributed by atoms with Crippen LogP contribution in [0.15, 0.2) is 36.8 Å². The van der Waals surface area contributed by atoms with Gasteiger partial charge in [0.25, 0.3) is 0 Å². The number of fused-ring (bicyclic) bond motifs is 1. The molecule has 3 heterocycles. The van der Waals surface area contributed by atoms with Gasteiger partial charge in [-0.05, 0) is 36.6 Å². The Bertz CT molecular complexity index is 1300. The van der Waals surface area contributed by atoms with E-state index < -0.39 is 10.0 Å². The zero-order chi connectivity index (χ0) is 23.8. The van der Waals surface area contributed by atoms with Gasteiger partial charge >= 0.3 is 0 Å². The molecule has 0 saturated heterocycles. The summed E-state index contributed by atoms with van der Waals surface area (Å²) in [6.07, 6.45) is 4.30. The number of anilines is 2. The lowest BCUT2D eigenvalue weighted by Gasteiger charge is -2.25. The number of hydrogen-bond acceptors (Lipinski definition) is 7. The van der Waals surface area contributed by atoms with Gasteiger partial charge < -0.3 is 9.64 Å². The van der Waals surface area contributed by atoms with Crippen LogP contribution in [-0.4, -0.2) is 42.8 Å². The third-order valence-electron chi connectivity index (χ3n) is 5.45. The summed E-state index contributed by atoms with van der Waals surface area (Å²) in [5, 5.41) is 0.0915. The molecule has 0 aliphatic carbocycles. The third-order valence-corrected chi connectivity index (χ3v) is 6.34. The Balaban J connectivity index is 1.71. The second-order valence-corrected chi connectivity index (χ2v) is 10.5. The fourth-order valence-electron chi connectivity index (χ4n) is 4.03. The lowest BCUT2D eigenvalue weighted by atomic mass is 10.0. The molecule has 0 bridgehead atoms. The highest BCUT2D eigenvalue weighted by atomic mass is 35.5. The minimum Gasteiger partial charge on any atom is -0.491 e. The number of aryl methyl sites for hydroxylation is 1. The molecule has 174 valence electrons. The second-order valence-electron chi connectivity index (χ2n) is 8.38. The number of rotatable bonds is 5. The van der Waals surface area contributed by atoms with Gasteiger partial charge in [-0.1, -0.05) is 31.5 Å². The Labute approximate surface area is 199 Å². The van der Waals surface area contributed by atoms with E-state index >= 15 is 0 Å². The van der Waals surface area contributed by atoms with Crippen LogP contribution >= 0.6 is 11.6 Å². The summed E-state index contributed by atoms with van der Waals surface area (Å²) in [6.45, 7) is 8.16. The fourth-order valence-corrected chi connectivity index (χ4v) is 4.79. The average molecular weight is 488 g/mol. The number of nitrogens with zero attached hydrogens (tertiary/aromatic N) is 4. The van der Waals surface area contributed by atoms with Gasteiger partial charge in [0, 0.05) is 35.1 Å². The first-order chi connectivity index (χ1) is 15.6. The maximum atomic E-state index is 11.7. The summed E-state index contributed by atoms with van der Waals surface area (Å²) in [6, 6.07) is 7.57. The van der Waals surface area contributed by atoms with Gasteiger partial charge in [-0.15, -0.1) is 0 Å². The van der Waals surface area contributed by atoms with Crippen molar-refractivity contribution in [2.45, 2.75) is 33.2 Å². The van der Waals surface area contributed by atoms with Crippen LogP contribution in [0.5, 0.6) is 5.75 Å². The van der Waals surface area contributed by atoms with Gasteiger partial charge in [0.15, 0.2) is 5.15 Å². The highest BCUT2D eigenvalue weighted by Crippen LogP contribution is 2.34. The number of ether oxygens (including phenoxy) is 1. The smallest absolute Gasteiger partial charge is 0.229 e. The molecule has 10 heteroatoms. The van der Waals surface area contributed by atoms with Crippen molar-refractivity contribution in [2.24, 2.45) is 0 Å². The van der Waals surface area contributed by atoms with E-state index in [1.165, 1.54) is 0 Å². The van der Waals surface area contributed by atoms with Gasteiger partial charge in [-0.3, -0.25) is 4.72 Å². The number of aromatic nitrogens is 3. The molecular formula is C23H26ClN5O3S.